The lowest BCUT2D eigenvalue weighted by molar-refractivity contribution is -0.119. The first-order valence-electron chi connectivity index (χ1n) is 6.14. The van der Waals surface area contributed by atoms with Gasteiger partial charge in [0.2, 0.25) is 5.91 Å². The summed E-state index contributed by atoms with van der Waals surface area (Å²) in [6.07, 6.45) is 0. The molecule has 0 fully saturated rings. The molecule has 0 saturated carbocycles. The maximum absolute atomic E-state index is 11.4. The molecule has 0 unspecified atom stereocenters. The van der Waals surface area contributed by atoms with Crippen molar-refractivity contribution in [3.05, 3.63) is 35.9 Å². The van der Waals surface area contributed by atoms with E-state index in [1.165, 1.54) is 0 Å². The number of likely N-dealkylation sites (N-methyl/N-ethyl adjacent to an activating group) is 2. The van der Waals surface area contributed by atoms with Crippen LogP contribution in [0.25, 0.3) is 10.9 Å². The lowest BCUT2D eigenvalue weighted by atomic mass is 10.1. The number of thiocarbonyl (C=S) groups is 1. The highest BCUT2D eigenvalue weighted by molar-refractivity contribution is 7.80. The van der Waals surface area contributed by atoms with E-state index in [1.807, 2.05) is 30.3 Å². The molecule has 20 heavy (non-hydrogen) atoms. The van der Waals surface area contributed by atoms with Crippen molar-refractivity contribution in [1.82, 2.24) is 10.3 Å². The minimum Gasteiger partial charge on any atom is -0.389 e. The molecule has 0 aliphatic carbocycles. The molecule has 3 N–H and O–H groups in total. The van der Waals surface area contributed by atoms with Crippen molar-refractivity contribution < 1.29 is 4.79 Å². The molecule has 5 nitrogen and oxygen atoms in total. The zero-order chi connectivity index (χ0) is 14.7. The summed E-state index contributed by atoms with van der Waals surface area (Å²) in [6, 6.07) is 9.46. The Morgan fingerprint density at radius 2 is 2.15 bits per heavy atom. The van der Waals surface area contributed by atoms with Crippen molar-refractivity contribution in [2.75, 3.05) is 25.5 Å². The Kier molecular flexibility index (Phi) is 4.14. The molecule has 0 bridgehead atoms. The van der Waals surface area contributed by atoms with Crippen molar-refractivity contribution in [1.29, 1.82) is 0 Å². The first-order chi connectivity index (χ1) is 9.52. The van der Waals surface area contributed by atoms with Gasteiger partial charge in [-0.3, -0.25) is 4.79 Å². The zero-order valence-electron chi connectivity index (χ0n) is 11.4. The van der Waals surface area contributed by atoms with Crippen molar-refractivity contribution in [2.45, 2.75) is 0 Å². The molecule has 1 amide bonds. The van der Waals surface area contributed by atoms with Gasteiger partial charge in [0, 0.05) is 25.0 Å². The van der Waals surface area contributed by atoms with E-state index in [9.17, 15) is 4.79 Å². The number of aromatic nitrogens is 1. The average Bonchev–Trinajstić information content (AvgIpc) is 2.45. The van der Waals surface area contributed by atoms with Crippen LogP contribution in [-0.2, 0) is 4.79 Å². The summed E-state index contributed by atoms with van der Waals surface area (Å²) in [4.78, 5) is 18.1. The third-order valence-electron chi connectivity index (χ3n) is 3.02. The van der Waals surface area contributed by atoms with Crippen LogP contribution >= 0.6 is 12.2 Å². The predicted molar refractivity (Wildman–Crippen MR) is 85.0 cm³/mol. The van der Waals surface area contributed by atoms with Gasteiger partial charge in [0.25, 0.3) is 0 Å². The molecular formula is C14H16N4OS. The Morgan fingerprint density at radius 3 is 2.80 bits per heavy atom. The Bertz CT molecular complexity index is 671. The molecule has 0 saturated heterocycles. The number of hydrogen-bond donors (Lipinski definition) is 2. The van der Waals surface area contributed by atoms with Gasteiger partial charge in [0.15, 0.2) is 0 Å². The summed E-state index contributed by atoms with van der Waals surface area (Å²) in [6.45, 7) is 0.221. The Hall–Kier alpha value is -2.21. The monoisotopic (exact) mass is 288 g/mol. The van der Waals surface area contributed by atoms with Crippen LogP contribution in [0.4, 0.5) is 5.82 Å². The van der Waals surface area contributed by atoms with Crippen molar-refractivity contribution in [3.63, 3.8) is 0 Å². The van der Waals surface area contributed by atoms with Crippen LogP contribution < -0.4 is 16.0 Å². The van der Waals surface area contributed by atoms with Gasteiger partial charge in [-0.2, -0.15) is 0 Å². The van der Waals surface area contributed by atoms with Crippen molar-refractivity contribution >= 4 is 39.8 Å². The number of nitrogens with zero attached hydrogens (tertiary/aromatic N) is 2. The molecule has 0 aliphatic heterocycles. The van der Waals surface area contributed by atoms with Gasteiger partial charge >= 0.3 is 0 Å². The largest absolute Gasteiger partial charge is 0.389 e. The van der Waals surface area contributed by atoms with Crippen LogP contribution in [0.3, 0.4) is 0 Å². The number of para-hydroxylation sites is 1. The molecule has 0 radical (unpaired) electrons. The van der Waals surface area contributed by atoms with E-state index in [0.717, 1.165) is 16.5 Å². The van der Waals surface area contributed by atoms with Crippen LogP contribution in [-0.4, -0.2) is 36.5 Å². The fourth-order valence-electron chi connectivity index (χ4n) is 1.94. The van der Waals surface area contributed by atoms with E-state index in [1.54, 1.807) is 19.0 Å². The van der Waals surface area contributed by atoms with Gasteiger partial charge in [-0.25, -0.2) is 4.98 Å². The molecule has 1 aromatic carbocycles. The first-order valence-corrected chi connectivity index (χ1v) is 6.55. The van der Waals surface area contributed by atoms with Crippen LogP contribution in [0.1, 0.15) is 5.56 Å². The number of nitrogens with one attached hydrogen (secondary N) is 1. The maximum Gasteiger partial charge on any atom is 0.239 e. The van der Waals surface area contributed by atoms with Gasteiger partial charge < -0.3 is 16.0 Å². The van der Waals surface area contributed by atoms with Gasteiger partial charge in [-0.15, -0.1) is 0 Å². The quantitative estimate of drug-likeness (QED) is 0.823. The average molecular weight is 288 g/mol. The number of rotatable bonds is 4. The minimum absolute atomic E-state index is 0.0840. The third-order valence-corrected chi connectivity index (χ3v) is 3.24. The van der Waals surface area contributed by atoms with Crippen molar-refractivity contribution in [2.24, 2.45) is 5.73 Å². The summed E-state index contributed by atoms with van der Waals surface area (Å²) in [7, 11) is 3.40. The summed E-state index contributed by atoms with van der Waals surface area (Å²) in [5, 5.41) is 3.50. The Balaban J connectivity index is 2.49. The number of benzene rings is 1. The molecule has 2 rings (SSSR count). The molecule has 6 heteroatoms. The number of anilines is 1. The van der Waals surface area contributed by atoms with Gasteiger partial charge in [0.1, 0.15) is 10.8 Å². The normalized spacial score (nSPS) is 10.3. The van der Waals surface area contributed by atoms with Crippen LogP contribution in [0, 0.1) is 0 Å². The Morgan fingerprint density at radius 1 is 1.45 bits per heavy atom. The summed E-state index contributed by atoms with van der Waals surface area (Å²) in [5.41, 5.74) is 7.35. The maximum atomic E-state index is 11.4. The second-order valence-corrected chi connectivity index (χ2v) is 4.88. The predicted octanol–water partition coefficient (Wildman–Crippen LogP) is 1.05. The number of carbonyl (C=O) groups is 1. The standard InChI is InChI=1S/C14H16N4OS/c1-16-13(19)8-18(2)12-7-10(14(15)20)9-5-3-4-6-11(9)17-12/h3-7H,8H2,1-2H3,(H2,15,20)(H,16,19). The number of nitrogens with two attached hydrogens (primary N) is 1. The SMILES string of the molecule is CNC(=O)CN(C)c1cc(C(N)=S)c2ccccc2n1. The fourth-order valence-corrected chi connectivity index (χ4v) is 2.11. The van der Waals surface area contributed by atoms with E-state index >= 15 is 0 Å². The van der Waals surface area contributed by atoms with E-state index in [0.29, 0.717) is 10.8 Å². The van der Waals surface area contributed by atoms with E-state index in [4.69, 9.17) is 18.0 Å². The second-order valence-electron chi connectivity index (χ2n) is 4.44. The Labute approximate surface area is 122 Å². The minimum atomic E-state index is -0.0840. The highest BCUT2D eigenvalue weighted by Gasteiger charge is 2.12. The summed E-state index contributed by atoms with van der Waals surface area (Å²) < 4.78 is 0. The topological polar surface area (TPSA) is 71.2 Å². The highest BCUT2D eigenvalue weighted by atomic mass is 32.1. The molecule has 0 aliphatic rings. The molecule has 1 aromatic heterocycles. The third kappa shape index (κ3) is 2.85. The fraction of sp³-hybridized carbons (Fsp3) is 0.214. The molecule has 0 spiro atoms. The van der Waals surface area contributed by atoms with Crippen LogP contribution in [0.5, 0.6) is 0 Å². The smallest absolute Gasteiger partial charge is 0.239 e. The van der Waals surface area contributed by atoms with Gasteiger partial charge in [0.05, 0.1) is 12.1 Å². The van der Waals surface area contributed by atoms with Crippen LogP contribution in [0.15, 0.2) is 30.3 Å². The van der Waals surface area contributed by atoms with Gasteiger partial charge in [-0.1, -0.05) is 30.4 Å². The zero-order valence-corrected chi connectivity index (χ0v) is 12.2. The number of hydrogen-bond acceptors (Lipinski definition) is 4. The van der Waals surface area contributed by atoms with Crippen molar-refractivity contribution in [3.8, 4) is 0 Å². The molecule has 0 atom stereocenters. The van der Waals surface area contributed by atoms with E-state index < -0.39 is 0 Å². The second kappa shape index (κ2) is 5.83. The van der Waals surface area contributed by atoms with E-state index in [2.05, 4.69) is 10.3 Å². The number of amides is 1. The number of fused-ring (bicyclic) bond motifs is 1. The lowest BCUT2D eigenvalue weighted by Crippen LogP contribution is -2.33. The number of carbonyl (C=O) groups excluding carboxylic acids is 1. The number of pyridine rings is 1. The van der Waals surface area contributed by atoms with E-state index in [-0.39, 0.29) is 12.5 Å². The first kappa shape index (κ1) is 14.2. The molecular weight excluding hydrogens is 272 g/mol. The van der Waals surface area contributed by atoms with Crippen LogP contribution in [0.2, 0.25) is 0 Å². The molecule has 104 valence electrons. The summed E-state index contributed by atoms with van der Waals surface area (Å²) in [5.74, 6) is 0.578. The molecule has 1 heterocycles. The lowest BCUT2D eigenvalue weighted by Gasteiger charge is -2.19. The highest BCUT2D eigenvalue weighted by Crippen LogP contribution is 2.22. The molecule has 2 aromatic rings. The van der Waals surface area contributed by atoms with Gasteiger partial charge in [-0.05, 0) is 12.1 Å². The summed E-state index contributed by atoms with van der Waals surface area (Å²) >= 11 is 5.10.